The van der Waals surface area contributed by atoms with Gasteiger partial charge in [0.1, 0.15) is 0 Å². The van der Waals surface area contributed by atoms with Gasteiger partial charge in [-0.3, -0.25) is 9.88 Å². The van der Waals surface area contributed by atoms with E-state index in [-0.39, 0.29) is 0 Å². The second-order valence-electron chi connectivity index (χ2n) is 4.83. The van der Waals surface area contributed by atoms with Crippen LogP contribution in [0.2, 0.25) is 0 Å². The maximum Gasteiger partial charge on any atom is 0.0871 e. The Bertz CT molecular complexity index is 555. The molecular weight excluding hydrogens is 246 g/mol. The largest absolute Gasteiger partial charge is 0.282 e. The van der Waals surface area contributed by atoms with Crippen molar-refractivity contribution in [3.8, 4) is 6.07 Å². The highest BCUT2D eigenvalue weighted by Gasteiger charge is 2.06. The lowest BCUT2D eigenvalue weighted by Crippen LogP contribution is -2.23. The summed E-state index contributed by atoms with van der Waals surface area (Å²) < 4.78 is 0. The molecule has 0 unspecified atom stereocenters. The number of hydrogen-bond donors (Lipinski definition) is 0. The van der Waals surface area contributed by atoms with Gasteiger partial charge in [0.15, 0.2) is 0 Å². The minimum Gasteiger partial charge on any atom is -0.282 e. The third-order valence-electron chi connectivity index (χ3n) is 3.26. The van der Waals surface area contributed by atoms with E-state index in [0.29, 0.717) is 6.54 Å². The van der Waals surface area contributed by atoms with Gasteiger partial charge >= 0.3 is 0 Å². The van der Waals surface area contributed by atoms with E-state index in [9.17, 15) is 0 Å². The molecule has 3 nitrogen and oxygen atoms in total. The van der Waals surface area contributed by atoms with Gasteiger partial charge < -0.3 is 0 Å². The summed E-state index contributed by atoms with van der Waals surface area (Å²) in [4.78, 5) is 6.24. The number of rotatable bonds is 6. The molecule has 1 aromatic heterocycles. The van der Waals surface area contributed by atoms with Crippen LogP contribution in [0.3, 0.4) is 0 Å². The zero-order valence-electron chi connectivity index (χ0n) is 11.8. The van der Waals surface area contributed by atoms with Crippen molar-refractivity contribution in [1.29, 1.82) is 5.26 Å². The van der Waals surface area contributed by atoms with E-state index in [4.69, 9.17) is 5.26 Å². The fourth-order valence-corrected chi connectivity index (χ4v) is 2.16. The van der Waals surface area contributed by atoms with Gasteiger partial charge in [-0.05, 0) is 29.2 Å². The summed E-state index contributed by atoms with van der Waals surface area (Å²) in [6.45, 7) is 4.10. The lowest BCUT2D eigenvalue weighted by atomic mass is 10.1. The molecule has 0 atom stereocenters. The van der Waals surface area contributed by atoms with Crippen molar-refractivity contribution in [1.82, 2.24) is 9.88 Å². The molecule has 0 radical (unpaired) electrons. The van der Waals surface area contributed by atoms with Crippen LogP contribution in [0.4, 0.5) is 0 Å². The fourth-order valence-electron chi connectivity index (χ4n) is 2.16. The number of nitrogens with zero attached hydrogens (tertiary/aromatic N) is 3. The molecule has 102 valence electrons. The second kappa shape index (κ2) is 7.42. The normalized spacial score (nSPS) is 10.4. The lowest BCUT2D eigenvalue weighted by molar-refractivity contribution is 0.289. The Balaban J connectivity index is 2.03. The Morgan fingerprint density at radius 3 is 2.35 bits per heavy atom. The number of aromatic nitrogens is 1. The summed E-state index contributed by atoms with van der Waals surface area (Å²) in [7, 11) is 0. The van der Waals surface area contributed by atoms with Crippen LogP contribution < -0.4 is 0 Å². The molecule has 0 aliphatic heterocycles. The molecule has 0 fully saturated rings. The zero-order chi connectivity index (χ0) is 14.2. The van der Waals surface area contributed by atoms with E-state index in [2.05, 4.69) is 47.1 Å². The van der Waals surface area contributed by atoms with Gasteiger partial charge in [0.25, 0.3) is 0 Å². The maximum atomic E-state index is 8.97. The molecule has 1 heterocycles. The maximum absolute atomic E-state index is 8.97. The summed E-state index contributed by atoms with van der Waals surface area (Å²) in [5.41, 5.74) is 3.71. The Morgan fingerprint density at radius 2 is 1.75 bits per heavy atom. The van der Waals surface area contributed by atoms with E-state index < -0.39 is 0 Å². The number of nitriles is 1. The summed E-state index contributed by atoms with van der Waals surface area (Å²) >= 11 is 0. The van der Waals surface area contributed by atoms with Crippen LogP contribution >= 0.6 is 0 Å². The summed E-state index contributed by atoms with van der Waals surface area (Å²) in [6, 6.07) is 14.8. The van der Waals surface area contributed by atoms with E-state index in [1.165, 1.54) is 11.1 Å². The highest BCUT2D eigenvalue weighted by atomic mass is 15.1. The summed E-state index contributed by atoms with van der Waals surface area (Å²) in [5, 5.41) is 8.97. The van der Waals surface area contributed by atoms with Crippen LogP contribution in [-0.2, 0) is 19.5 Å². The lowest BCUT2D eigenvalue weighted by Gasteiger charge is -2.19. The van der Waals surface area contributed by atoms with Crippen LogP contribution in [0, 0.1) is 11.3 Å². The first-order chi connectivity index (χ1) is 9.81. The molecule has 0 bridgehead atoms. The first-order valence-electron chi connectivity index (χ1n) is 6.88. The topological polar surface area (TPSA) is 39.9 Å². The summed E-state index contributed by atoms with van der Waals surface area (Å²) in [6.07, 6.45) is 4.67. The van der Waals surface area contributed by atoms with Gasteiger partial charge in [-0.1, -0.05) is 37.3 Å². The van der Waals surface area contributed by atoms with Gasteiger partial charge in [-0.15, -0.1) is 0 Å². The molecule has 0 aliphatic carbocycles. The molecule has 2 aromatic rings. The van der Waals surface area contributed by atoms with E-state index >= 15 is 0 Å². The van der Waals surface area contributed by atoms with Crippen LogP contribution in [0.25, 0.3) is 0 Å². The van der Waals surface area contributed by atoms with Crippen molar-refractivity contribution in [2.45, 2.75) is 26.4 Å². The van der Waals surface area contributed by atoms with Crippen molar-refractivity contribution >= 4 is 0 Å². The molecule has 0 spiro atoms. The minimum absolute atomic E-state index is 0.421. The number of hydrogen-bond acceptors (Lipinski definition) is 3. The second-order valence-corrected chi connectivity index (χ2v) is 4.83. The SMILES string of the molecule is CCc1ccc(CN(CC#N)Cc2cccnc2)cc1. The van der Waals surface area contributed by atoms with E-state index in [1.807, 2.05) is 18.3 Å². The van der Waals surface area contributed by atoms with Gasteiger partial charge in [-0.2, -0.15) is 5.26 Å². The molecule has 3 heteroatoms. The average molecular weight is 265 g/mol. The highest BCUT2D eigenvalue weighted by molar-refractivity contribution is 5.22. The monoisotopic (exact) mass is 265 g/mol. The standard InChI is InChI=1S/C17H19N3/c1-2-15-5-7-16(8-6-15)13-20(11-9-18)14-17-4-3-10-19-12-17/h3-8,10,12H,2,11,13-14H2,1H3. The van der Waals surface area contributed by atoms with Crippen molar-refractivity contribution in [3.63, 3.8) is 0 Å². The smallest absolute Gasteiger partial charge is 0.0871 e. The van der Waals surface area contributed by atoms with Gasteiger partial charge in [0.2, 0.25) is 0 Å². The quantitative estimate of drug-likeness (QED) is 0.753. The molecule has 20 heavy (non-hydrogen) atoms. The Labute approximate surface area is 120 Å². The molecule has 2 rings (SSSR count). The minimum atomic E-state index is 0.421. The predicted molar refractivity (Wildman–Crippen MR) is 79.8 cm³/mol. The molecule has 0 aliphatic rings. The van der Waals surface area contributed by atoms with E-state index in [0.717, 1.165) is 25.1 Å². The Morgan fingerprint density at radius 1 is 1.05 bits per heavy atom. The third kappa shape index (κ3) is 4.18. The van der Waals surface area contributed by atoms with Crippen molar-refractivity contribution in [2.24, 2.45) is 0 Å². The van der Waals surface area contributed by atoms with Crippen LogP contribution in [0.5, 0.6) is 0 Å². The Kier molecular flexibility index (Phi) is 5.28. The van der Waals surface area contributed by atoms with Gasteiger partial charge in [0, 0.05) is 25.5 Å². The van der Waals surface area contributed by atoms with E-state index in [1.54, 1.807) is 6.20 Å². The van der Waals surface area contributed by atoms with Crippen molar-refractivity contribution in [2.75, 3.05) is 6.54 Å². The highest BCUT2D eigenvalue weighted by Crippen LogP contribution is 2.10. The number of pyridine rings is 1. The third-order valence-corrected chi connectivity index (χ3v) is 3.26. The molecule has 0 N–H and O–H groups in total. The first-order valence-corrected chi connectivity index (χ1v) is 6.88. The predicted octanol–water partition coefficient (Wildman–Crippen LogP) is 3.17. The van der Waals surface area contributed by atoms with Crippen LogP contribution in [0.1, 0.15) is 23.6 Å². The summed E-state index contributed by atoms with van der Waals surface area (Å²) in [5.74, 6) is 0. The van der Waals surface area contributed by atoms with Crippen molar-refractivity contribution in [3.05, 3.63) is 65.5 Å². The molecular formula is C17H19N3. The molecule has 0 saturated heterocycles. The number of aryl methyl sites for hydroxylation is 1. The molecule has 0 saturated carbocycles. The van der Waals surface area contributed by atoms with Gasteiger partial charge in [0.05, 0.1) is 12.6 Å². The van der Waals surface area contributed by atoms with Crippen LogP contribution in [0.15, 0.2) is 48.8 Å². The number of benzene rings is 1. The molecule has 1 aromatic carbocycles. The fraction of sp³-hybridized carbons (Fsp3) is 0.294. The molecule has 0 amide bonds. The van der Waals surface area contributed by atoms with Crippen molar-refractivity contribution < 1.29 is 0 Å². The average Bonchev–Trinajstić information content (AvgIpc) is 2.49. The first kappa shape index (κ1) is 14.2. The Hall–Kier alpha value is -2.18. The van der Waals surface area contributed by atoms with Crippen LogP contribution in [-0.4, -0.2) is 16.4 Å². The zero-order valence-corrected chi connectivity index (χ0v) is 11.8. The van der Waals surface area contributed by atoms with Gasteiger partial charge in [-0.25, -0.2) is 0 Å².